The van der Waals surface area contributed by atoms with Gasteiger partial charge >= 0.3 is 0 Å². The van der Waals surface area contributed by atoms with Crippen LogP contribution in [0.2, 0.25) is 10.0 Å². The number of nitrogens with zero attached hydrogens (tertiary/aromatic N) is 2. The molecule has 0 atom stereocenters. The summed E-state index contributed by atoms with van der Waals surface area (Å²) < 4.78 is 0. The number of rotatable bonds is 4. The molecule has 3 rings (SSSR count). The first-order valence-corrected chi connectivity index (χ1v) is 7.24. The zero-order chi connectivity index (χ0) is 14.8. The average molecular weight is 323 g/mol. The molecule has 0 unspecified atom stereocenters. The van der Waals surface area contributed by atoms with E-state index >= 15 is 0 Å². The van der Waals surface area contributed by atoms with Gasteiger partial charge in [0.2, 0.25) is 5.95 Å². The SMILES string of the molecule is O=C(NC1CC1)c1ccnc(Nc2cccc(Cl)c2Cl)n1. The summed E-state index contributed by atoms with van der Waals surface area (Å²) in [6.45, 7) is 0. The van der Waals surface area contributed by atoms with Gasteiger partial charge < -0.3 is 10.6 Å². The van der Waals surface area contributed by atoms with Crippen LogP contribution in [0, 0.1) is 0 Å². The molecule has 108 valence electrons. The van der Waals surface area contributed by atoms with E-state index < -0.39 is 0 Å². The van der Waals surface area contributed by atoms with Gasteiger partial charge in [0.05, 0.1) is 15.7 Å². The highest BCUT2D eigenvalue weighted by atomic mass is 35.5. The minimum absolute atomic E-state index is 0.194. The highest BCUT2D eigenvalue weighted by Crippen LogP contribution is 2.30. The maximum Gasteiger partial charge on any atom is 0.270 e. The smallest absolute Gasteiger partial charge is 0.270 e. The lowest BCUT2D eigenvalue weighted by molar-refractivity contribution is 0.0946. The van der Waals surface area contributed by atoms with Crippen molar-refractivity contribution in [3.63, 3.8) is 0 Å². The summed E-state index contributed by atoms with van der Waals surface area (Å²) >= 11 is 12.0. The topological polar surface area (TPSA) is 66.9 Å². The van der Waals surface area contributed by atoms with Crippen LogP contribution in [0.3, 0.4) is 0 Å². The summed E-state index contributed by atoms with van der Waals surface area (Å²) in [5.41, 5.74) is 0.904. The summed E-state index contributed by atoms with van der Waals surface area (Å²) in [5.74, 6) is 0.0998. The first-order chi connectivity index (χ1) is 10.1. The Kier molecular flexibility index (Phi) is 3.94. The maximum absolute atomic E-state index is 11.9. The molecule has 5 nitrogen and oxygen atoms in total. The molecule has 1 aliphatic carbocycles. The molecule has 1 heterocycles. The number of nitrogens with one attached hydrogen (secondary N) is 2. The van der Waals surface area contributed by atoms with Crippen LogP contribution in [0.15, 0.2) is 30.5 Å². The molecule has 0 aliphatic heterocycles. The van der Waals surface area contributed by atoms with E-state index in [-0.39, 0.29) is 11.9 Å². The van der Waals surface area contributed by atoms with Crippen LogP contribution in [0.1, 0.15) is 23.3 Å². The van der Waals surface area contributed by atoms with Crippen LogP contribution >= 0.6 is 23.2 Å². The second kappa shape index (κ2) is 5.87. The molecule has 2 N–H and O–H groups in total. The lowest BCUT2D eigenvalue weighted by Gasteiger charge is -2.09. The van der Waals surface area contributed by atoms with Crippen molar-refractivity contribution in [2.45, 2.75) is 18.9 Å². The van der Waals surface area contributed by atoms with Crippen molar-refractivity contribution in [3.05, 3.63) is 46.2 Å². The molecule has 1 saturated carbocycles. The number of benzene rings is 1. The fourth-order valence-electron chi connectivity index (χ4n) is 1.75. The monoisotopic (exact) mass is 322 g/mol. The molecule has 0 radical (unpaired) electrons. The summed E-state index contributed by atoms with van der Waals surface area (Å²) in [7, 11) is 0. The number of halogens is 2. The third-order valence-electron chi connectivity index (χ3n) is 3.00. The molecule has 0 bridgehead atoms. The van der Waals surface area contributed by atoms with Crippen molar-refractivity contribution in [1.29, 1.82) is 0 Å². The molecule has 2 aromatic rings. The van der Waals surface area contributed by atoms with Gasteiger partial charge in [0, 0.05) is 12.2 Å². The number of hydrogen-bond acceptors (Lipinski definition) is 4. The van der Waals surface area contributed by atoms with Crippen molar-refractivity contribution in [1.82, 2.24) is 15.3 Å². The Balaban J connectivity index is 1.79. The zero-order valence-corrected chi connectivity index (χ0v) is 12.4. The van der Waals surface area contributed by atoms with E-state index in [1.165, 1.54) is 6.20 Å². The van der Waals surface area contributed by atoms with E-state index in [0.717, 1.165) is 12.8 Å². The molecule has 0 spiro atoms. The largest absolute Gasteiger partial charge is 0.348 e. The predicted octanol–water partition coefficient (Wildman–Crippen LogP) is 3.42. The van der Waals surface area contributed by atoms with Gasteiger partial charge in [-0.3, -0.25) is 4.79 Å². The Morgan fingerprint density at radius 1 is 1.24 bits per heavy atom. The maximum atomic E-state index is 11.9. The predicted molar refractivity (Wildman–Crippen MR) is 82.3 cm³/mol. The molecular formula is C14H12Cl2N4O. The number of anilines is 2. The number of carbonyl (C=O) groups excluding carboxylic acids is 1. The minimum Gasteiger partial charge on any atom is -0.348 e. The van der Waals surface area contributed by atoms with Crippen LogP contribution in [-0.2, 0) is 0 Å². The minimum atomic E-state index is -0.194. The summed E-state index contributed by atoms with van der Waals surface area (Å²) in [6, 6.07) is 7.07. The number of hydrogen-bond donors (Lipinski definition) is 2. The Bertz CT molecular complexity index is 688. The number of carbonyl (C=O) groups is 1. The molecule has 1 aliphatic rings. The fourth-order valence-corrected chi connectivity index (χ4v) is 2.10. The van der Waals surface area contributed by atoms with Gasteiger partial charge in [-0.2, -0.15) is 0 Å². The van der Waals surface area contributed by atoms with E-state index in [0.29, 0.717) is 27.4 Å². The van der Waals surface area contributed by atoms with Gasteiger partial charge in [-0.25, -0.2) is 9.97 Å². The quantitative estimate of drug-likeness (QED) is 0.905. The van der Waals surface area contributed by atoms with Crippen molar-refractivity contribution < 1.29 is 4.79 Å². The summed E-state index contributed by atoms with van der Waals surface area (Å²) in [5, 5.41) is 6.66. The first-order valence-electron chi connectivity index (χ1n) is 6.48. The second-order valence-corrected chi connectivity index (χ2v) is 5.52. The molecule has 1 aromatic heterocycles. The van der Waals surface area contributed by atoms with Crippen LogP contribution < -0.4 is 10.6 Å². The van der Waals surface area contributed by atoms with E-state index in [1.54, 1.807) is 24.3 Å². The van der Waals surface area contributed by atoms with Crippen molar-refractivity contribution >= 4 is 40.7 Å². The van der Waals surface area contributed by atoms with E-state index in [4.69, 9.17) is 23.2 Å². The van der Waals surface area contributed by atoms with E-state index in [2.05, 4.69) is 20.6 Å². The first kappa shape index (κ1) is 14.1. The Morgan fingerprint density at radius 2 is 2.05 bits per heavy atom. The van der Waals surface area contributed by atoms with Gasteiger partial charge in [-0.05, 0) is 31.0 Å². The molecule has 1 amide bonds. The van der Waals surface area contributed by atoms with E-state index in [9.17, 15) is 4.79 Å². The van der Waals surface area contributed by atoms with Crippen LogP contribution in [0.5, 0.6) is 0 Å². The van der Waals surface area contributed by atoms with Crippen LogP contribution in [0.4, 0.5) is 11.6 Å². The molecule has 7 heteroatoms. The van der Waals surface area contributed by atoms with Gasteiger partial charge in [-0.15, -0.1) is 0 Å². The van der Waals surface area contributed by atoms with Crippen molar-refractivity contribution in [2.75, 3.05) is 5.32 Å². The third-order valence-corrected chi connectivity index (χ3v) is 3.82. The van der Waals surface area contributed by atoms with Gasteiger partial charge in [0.1, 0.15) is 5.69 Å². The van der Waals surface area contributed by atoms with Gasteiger partial charge in [0.25, 0.3) is 5.91 Å². The van der Waals surface area contributed by atoms with Gasteiger partial charge in [-0.1, -0.05) is 29.3 Å². The van der Waals surface area contributed by atoms with Gasteiger partial charge in [0.15, 0.2) is 0 Å². The van der Waals surface area contributed by atoms with Crippen LogP contribution in [0.25, 0.3) is 0 Å². The normalized spacial score (nSPS) is 13.8. The molecule has 1 aromatic carbocycles. The highest BCUT2D eigenvalue weighted by Gasteiger charge is 2.24. The lowest BCUT2D eigenvalue weighted by atomic mass is 10.3. The average Bonchev–Trinajstić information content (AvgIpc) is 3.28. The summed E-state index contributed by atoms with van der Waals surface area (Å²) in [6.07, 6.45) is 3.58. The second-order valence-electron chi connectivity index (χ2n) is 4.74. The molecule has 0 saturated heterocycles. The molecule has 1 fully saturated rings. The standard InChI is InChI=1S/C14H12Cl2N4O/c15-9-2-1-3-10(12(9)16)19-14-17-7-6-11(20-14)13(21)18-8-4-5-8/h1-3,6-8H,4-5H2,(H,18,21)(H,17,19,20). The fraction of sp³-hybridized carbons (Fsp3) is 0.214. The van der Waals surface area contributed by atoms with Crippen LogP contribution in [-0.4, -0.2) is 21.9 Å². The van der Waals surface area contributed by atoms with Crippen molar-refractivity contribution in [2.24, 2.45) is 0 Å². The van der Waals surface area contributed by atoms with Crippen molar-refractivity contribution in [3.8, 4) is 0 Å². The van der Waals surface area contributed by atoms with E-state index in [1.807, 2.05) is 0 Å². The lowest BCUT2D eigenvalue weighted by Crippen LogP contribution is -2.26. The molecular weight excluding hydrogens is 311 g/mol. The Morgan fingerprint density at radius 3 is 2.81 bits per heavy atom. The number of aromatic nitrogens is 2. The summed E-state index contributed by atoms with van der Waals surface area (Å²) in [4.78, 5) is 20.2. The zero-order valence-electron chi connectivity index (χ0n) is 10.9. The highest BCUT2D eigenvalue weighted by molar-refractivity contribution is 6.43. The molecule has 21 heavy (non-hydrogen) atoms. The third kappa shape index (κ3) is 3.43. The number of amides is 1. The Hall–Kier alpha value is -1.85. The Labute approximate surface area is 131 Å².